The monoisotopic (exact) mass is 399 g/mol. The second-order valence-corrected chi connectivity index (χ2v) is 7.27. The van der Waals surface area contributed by atoms with E-state index in [9.17, 15) is 9.59 Å². The van der Waals surface area contributed by atoms with Gasteiger partial charge in [-0.1, -0.05) is 53.5 Å². The minimum absolute atomic E-state index is 0.0786. The largest absolute Gasteiger partial charge is 0.426 e. The van der Waals surface area contributed by atoms with Crippen LogP contribution in [0.25, 0.3) is 10.8 Å². The molecule has 4 rings (SSSR count). The lowest BCUT2D eigenvalue weighted by Gasteiger charge is -2.18. The number of ether oxygens (including phenoxy) is 1. The number of halogens is 2. The van der Waals surface area contributed by atoms with E-state index in [1.165, 1.54) is 4.90 Å². The first kappa shape index (κ1) is 17.8. The number of nitrogens with zero attached hydrogens (tertiary/aromatic N) is 1. The first-order valence-electron chi connectivity index (χ1n) is 8.47. The molecular formula is C21H15Cl2NO3. The molecule has 0 saturated carbocycles. The zero-order valence-corrected chi connectivity index (χ0v) is 15.7. The Hall–Kier alpha value is -2.56. The summed E-state index contributed by atoms with van der Waals surface area (Å²) in [5, 5.41) is 2.94. The highest BCUT2D eigenvalue weighted by atomic mass is 35.5. The van der Waals surface area contributed by atoms with Crippen LogP contribution in [-0.2, 0) is 9.59 Å². The van der Waals surface area contributed by atoms with Crippen molar-refractivity contribution in [3.63, 3.8) is 0 Å². The van der Waals surface area contributed by atoms with E-state index in [1.54, 1.807) is 24.3 Å². The molecular weight excluding hydrogens is 385 g/mol. The zero-order valence-electron chi connectivity index (χ0n) is 14.2. The van der Waals surface area contributed by atoms with Crippen LogP contribution in [0.4, 0.5) is 5.69 Å². The lowest BCUT2D eigenvalue weighted by molar-refractivity contribution is -0.139. The summed E-state index contributed by atoms with van der Waals surface area (Å²) in [5.41, 5.74) is 0.509. The van der Waals surface area contributed by atoms with E-state index >= 15 is 0 Å². The molecule has 1 amide bonds. The van der Waals surface area contributed by atoms with Gasteiger partial charge in [-0.3, -0.25) is 9.59 Å². The highest BCUT2D eigenvalue weighted by Crippen LogP contribution is 2.34. The summed E-state index contributed by atoms with van der Waals surface area (Å²) in [6.07, 6.45) is 0.0786. The van der Waals surface area contributed by atoms with Crippen molar-refractivity contribution >= 4 is 51.5 Å². The van der Waals surface area contributed by atoms with Crippen molar-refractivity contribution in [1.29, 1.82) is 0 Å². The van der Waals surface area contributed by atoms with Gasteiger partial charge in [0.25, 0.3) is 0 Å². The third-order valence-electron chi connectivity index (χ3n) is 4.60. The summed E-state index contributed by atoms with van der Waals surface area (Å²) < 4.78 is 5.52. The first-order chi connectivity index (χ1) is 13.0. The molecule has 3 aromatic rings. The number of carbonyl (C=O) groups is 2. The van der Waals surface area contributed by atoms with E-state index < -0.39 is 11.9 Å². The quantitative estimate of drug-likeness (QED) is 0.454. The molecule has 0 aromatic heterocycles. The van der Waals surface area contributed by atoms with E-state index in [4.69, 9.17) is 27.9 Å². The van der Waals surface area contributed by atoms with Gasteiger partial charge in [0.15, 0.2) is 0 Å². The van der Waals surface area contributed by atoms with Crippen LogP contribution in [0.2, 0.25) is 10.0 Å². The summed E-state index contributed by atoms with van der Waals surface area (Å²) in [7, 11) is 0. The van der Waals surface area contributed by atoms with Crippen LogP contribution in [0.3, 0.4) is 0 Å². The highest BCUT2D eigenvalue weighted by molar-refractivity contribution is 6.35. The summed E-state index contributed by atoms with van der Waals surface area (Å²) in [6.45, 7) is 0.214. The van der Waals surface area contributed by atoms with E-state index in [-0.39, 0.29) is 18.9 Å². The fourth-order valence-electron chi connectivity index (χ4n) is 3.22. The molecule has 1 fully saturated rings. The predicted octanol–water partition coefficient (Wildman–Crippen LogP) is 5.11. The Morgan fingerprint density at radius 1 is 1.00 bits per heavy atom. The fraction of sp³-hybridized carbons (Fsp3) is 0.143. The number of fused-ring (bicyclic) bond motifs is 1. The van der Waals surface area contributed by atoms with Crippen LogP contribution in [0.15, 0.2) is 60.7 Å². The normalized spacial score (nSPS) is 16.7. The van der Waals surface area contributed by atoms with Gasteiger partial charge >= 0.3 is 5.97 Å². The van der Waals surface area contributed by atoms with Crippen molar-refractivity contribution in [2.75, 3.05) is 11.4 Å². The van der Waals surface area contributed by atoms with Gasteiger partial charge < -0.3 is 9.64 Å². The molecule has 0 N–H and O–H groups in total. The average molecular weight is 400 g/mol. The van der Waals surface area contributed by atoms with Gasteiger partial charge in [0.2, 0.25) is 5.91 Å². The van der Waals surface area contributed by atoms with Crippen LogP contribution in [0.1, 0.15) is 6.42 Å². The number of anilines is 1. The second-order valence-electron chi connectivity index (χ2n) is 6.43. The van der Waals surface area contributed by atoms with Crippen molar-refractivity contribution in [3.8, 4) is 5.75 Å². The highest BCUT2D eigenvalue weighted by Gasteiger charge is 2.37. The number of esters is 1. The molecule has 6 heteroatoms. The summed E-state index contributed by atoms with van der Waals surface area (Å²) in [4.78, 5) is 26.4. The van der Waals surface area contributed by atoms with Gasteiger partial charge in [-0.15, -0.1) is 0 Å². The molecule has 0 radical (unpaired) electrons. The average Bonchev–Trinajstić information content (AvgIpc) is 3.05. The summed E-state index contributed by atoms with van der Waals surface area (Å²) in [6, 6.07) is 18.2. The SMILES string of the molecule is O=C(Oc1ccc2ccccc2c1)[C@@H]1CC(=O)N(c2cc(Cl)ccc2Cl)C1. The molecule has 0 unspecified atom stereocenters. The molecule has 1 aliphatic heterocycles. The van der Waals surface area contributed by atoms with E-state index in [1.807, 2.05) is 36.4 Å². The van der Waals surface area contributed by atoms with Gasteiger partial charge in [-0.05, 0) is 41.1 Å². The van der Waals surface area contributed by atoms with E-state index in [2.05, 4.69) is 0 Å². The third-order valence-corrected chi connectivity index (χ3v) is 5.15. The van der Waals surface area contributed by atoms with Crippen LogP contribution in [0, 0.1) is 5.92 Å². The lowest BCUT2D eigenvalue weighted by Crippen LogP contribution is -2.27. The maximum absolute atomic E-state index is 12.6. The van der Waals surface area contributed by atoms with Gasteiger partial charge in [-0.25, -0.2) is 0 Å². The fourth-order valence-corrected chi connectivity index (χ4v) is 3.61. The Morgan fingerprint density at radius 2 is 1.78 bits per heavy atom. The maximum atomic E-state index is 12.6. The molecule has 27 heavy (non-hydrogen) atoms. The first-order valence-corrected chi connectivity index (χ1v) is 9.23. The molecule has 1 heterocycles. The Morgan fingerprint density at radius 3 is 2.59 bits per heavy atom. The third kappa shape index (κ3) is 3.64. The topological polar surface area (TPSA) is 46.6 Å². The molecule has 0 aliphatic carbocycles. The number of amides is 1. The van der Waals surface area contributed by atoms with E-state index in [0.717, 1.165) is 10.8 Å². The van der Waals surface area contributed by atoms with Crippen molar-refractivity contribution in [2.24, 2.45) is 5.92 Å². The molecule has 0 bridgehead atoms. The molecule has 1 aliphatic rings. The molecule has 136 valence electrons. The lowest BCUT2D eigenvalue weighted by atomic mass is 10.1. The van der Waals surface area contributed by atoms with Crippen molar-refractivity contribution < 1.29 is 14.3 Å². The predicted molar refractivity (Wildman–Crippen MR) is 107 cm³/mol. The van der Waals surface area contributed by atoms with Crippen LogP contribution in [0.5, 0.6) is 5.75 Å². The Balaban J connectivity index is 1.51. The van der Waals surface area contributed by atoms with Gasteiger partial charge in [0.1, 0.15) is 5.75 Å². The molecule has 3 aromatic carbocycles. The Bertz CT molecular complexity index is 1050. The standard InChI is InChI=1S/C21H15Cl2NO3/c22-16-6-8-18(23)19(11-16)24-12-15(10-20(24)25)21(26)27-17-7-5-13-3-1-2-4-14(13)9-17/h1-9,11,15H,10,12H2/t15-/m1/s1. The van der Waals surface area contributed by atoms with Crippen molar-refractivity contribution in [1.82, 2.24) is 0 Å². The number of carbonyl (C=O) groups excluding carboxylic acids is 2. The maximum Gasteiger partial charge on any atom is 0.316 e. The molecule has 1 atom stereocenters. The van der Waals surface area contributed by atoms with E-state index in [0.29, 0.717) is 21.5 Å². The number of hydrogen-bond acceptors (Lipinski definition) is 3. The van der Waals surface area contributed by atoms with Gasteiger partial charge in [-0.2, -0.15) is 0 Å². The summed E-state index contributed by atoms with van der Waals surface area (Å²) >= 11 is 12.2. The minimum Gasteiger partial charge on any atom is -0.426 e. The summed E-state index contributed by atoms with van der Waals surface area (Å²) in [5.74, 6) is -0.705. The molecule has 1 saturated heterocycles. The molecule has 4 nitrogen and oxygen atoms in total. The van der Waals surface area contributed by atoms with Crippen molar-refractivity contribution in [2.45, 2.75) is 6.42 Å². The molecule has 0 spiro atoms. The van der Waals surface area contributed by atoms with Crippen LogP contribution >= 0.6 is 23.2 Å². The number of hydrogen-bond donors (Lipinski definition) is 0. The minimum atomic E-state index is -0.556. The number of benzene rings is 3. The van der Waals surface area contributed by atoms with Crippen LogP contribution in [-0.4, -0.2) is 18.4 Å². The Kier molecular flexibility index (Phi) is 4.77. The van der Waals surface area contributed by atoms with Gasteiger partial charge in [0, 0.05) is 18.0 Å². The zero-order chi connectivity index (χ0) is 19.0. The Labute approximate surface area is 166 Å². The smallest absolute Gasteiger partial charge is 0.316 e. The van der Waals surface area contributed by atoms with Gasteiger partial charge in [0.05, 0.1) is 16.6 Å². The number of rotatable bonds is 3. The van der Waals surface area contributed by atoms with Crippen LogP contribution < -0.4 is 9.64 Å². The second kappa shape index (κ2) is 7.22. The van der Waals surface area contributed by atoms with Crippen molar-refractivity contribution in [3.05, 3.63) is 70.7 Å².